The molecule has 0 bridgehead atoms. The van der Waals surface area contributed by atoms with Gasteiger partial charge < -0.3 is 24.4 Å². The summed E-state index contributed by atoms with van der Waals surface area (Å²) in [6.45, 7) is 3.96. The van der Waals surface area contributed by atoms with Crippen LogP contribution in [0.5, 0.6) is 11.5 Å². The van der Waals surface area contributed by atoms with Gasteiger partial charge in [-0.05, 0) is 37.5 Å². The zero-order chi connectivity index (χ0) is 16.9. The molecule has 7 nitrogen and oxygen atoms in total. The molecular weight excluding hydrogens is 312 g/mol. The van der Waals surface area contributed by atoms with Gasteiger partial charge in [0.1, 0.15) is 0 Å². The molecule has 1 saturated heterocycles. The van der Waals surface area contributed by atoms with Crippen molar-refractivity contribution in [3.05, 3.63) is 23.8 Å². The fourth-order valence-electron chi connectivity index (χ4n) is 2.92. The van der Waals surface area contributed by atoms with Gasteiger partial charge in [-0.2, -0.15) is 0 Å². The third kappa shape index (κ3) is 3.72. The summed E-state index contributed by atoms with van der Waals surface area (Å²) in [6, 6.07) is 5.64. The van der Waals surface area contributed by atoms with Crippen molar-refractivity contribution in [1.82, 2.24) is 10.2 Å². The molecule has 0 aromatic heterocycles. The summed E-state index contributed by atoms with van der Waals surface area (Å²) in [4.78, 5) is 25.6. The van der Waals surface area contributed by atoms with Gasteiger partial charge in [-0.1, -0.05) is 6.07 Å². The summed E-state index contributed by atoms with van der Waals surface area (Å²) in [6.07, 6.45) is 1.02. The lowest BCUT2D eigenvalue weighted by molar-refractivity contribution is -0.126. The molecule has 24 heavy (non-hydrogen) atoms. The number of hydrogen-bond acceptors (Lipinski definition) is 5. The minimum absolute atomic E-state index is 0.0242. The number of carbonyl (C=O) groups is 2. The van der Waals surface area contributed by atoms with Crippen molar-refractivity contribution in [2.75, 3.05) is 26.5 Å². The molecule has 2 aliphatic heterocycles. The van der Waals surface area contributed by atoms with E-state index >= 15 is 0 Å². The fraction of sp³-hybridized carbons (Fsp3) is 0.529. The largest absolute Gasteiger partial charge is 0.454 e. The lowest BCUT2D eigenvalue weighted by atomic mass is 9.96. The highest BCUT2D eigenvalue weighted by atomic mass is 16.7. The van der Waals surface area contributed by atoms with Gasteiger partial charge in [0.15, 0.2) is 11.5 Å². The summed E-state index contributed by atoms with van der Waals surface area (Å²) in [5.41, 5.74) is 0.969. The summed E-state index contributed by atoms with van der Waals surface area (Å²) < 4.78 is 15.6. The van der Waals surface area contributed by atoms with Gasteiger partial charge in [-0.15, -0.1) is 0 Å². The molecule has 7 heteroatoms. The van der Waals surface area contributed by atoms with Crippen LogP contribution in [0.2, 0.25) is 0 Å². The molecule has 0 radical (unpaired) electrons. The maximum Gasteiger partial charge on any atom is 0.409 e. The second-order valence-electron chi connectivity index (χ2n) is 5.87. The third-order valence-electron chi connectivity index (χ3n) is 4.30. The molecule has 2 aliphatic rings. The van der Waals surface area contributed by atoms with E-state index in [0.717, 1.165) is 11.3 Å². The van der Waals surface area contributed by atoms with Crippen LogP contribution in [0.25, 0.3) is 0 Å². The van der Waals surface area contributed by atoms with E-state index in [9.17, 15) is 9.59 Å². The number of carbonyl (C=O) groups excluding carboxylic acids is 2. The first-order chi connectivity index (χ1) is 11.7. The minimum Gasteiger partial charge on any atom is -0.454 e. The Morgan fingerprint density at radius 3 is 2.75 bits per heavy atom. The lowest BCUT2D eigenvalue weighted by Gasteiger charge is -2.30. The number of hydrogen-bond donors (Lipinski definition) is 1. The first kappa shape index (κ1) is 16.4. The highest BCUT2D eigenvalue weighted by molar-refractivity contribution is 5.79. The van der Waals surface area contributed by atoms with E-state index in [1.165, 1.54) is 0 Å². The number of fused-ring (bicyclic) bond motifs is 1. The van der Waals surface area contributed by atoms with Crippen molar-refractivity contribution in [2.45, 2.75) is 26.3 Å². The number of likely N-dealkylation sites (tertiary alicyclic amines) is 1. The first-order valence-corrected chi connectivity index (χ1v) is 8.25. The van der Waals surface area contributed by atoms with E-state index in [0.29, 0.717) is 44.8 Å². The van der Waals surface area contributed by atoms with Crippen LogP contribution in [-0.2, 0) is 16.1 Å². The molecule has 0 unspecified atom stereocenters. The highest BCUT2D eigenvalue weighted by Crippen LogP contribution is 2.32. The number of ether oxygens (including phenoxy) is 3. The van der Waals surface area contributed by atoms with Crippen LogP contribution in [0, 0.1) is 5.92 Å². The van der Waals surface area contributed by atoms with Gasteiger partial charge in [0.05, 0.1) is 6.61 Å². The van der Waals surface area contributed by atoms with E-state index < -0.39 is 0 Å². The minimum atomic E-state index is -0.295. The quantitative estimate of drug-likeness (QED) is 0.910. The van der Waals surface area contributed by atoms with E-state index in [1.807, 2.05) is 18.2 Å². The zero-order valence-electron chi connectivity index (χ0n) is 13.7. The maximum absolute atomic E-state index is 12.3. The zero-order valence-corrected chi connectivity index (χ0v) is 13.7. The summed E-state index contributed by atoms with van der Waals surface area (Å²) >= 11 is 0. The third-order valence-corrected chi connectivity index (χ3v) is 4.30. The van der Waals surface area contributed by atoms with Gasteiger partial charge in [-0.25, -0.2) is 4.79 Å². The Morgan fingerprint density at radius 1 is 1.25 bits per heavy atom. The van der Waals surface area contributed by atoms with Crippen molar-refractivity contribution in [2.24, 2.45) is 5.92 Å². The van der Waals surface area contributed by atoms with Crippen LogP contribution in [0.15, 0.2) is 18.2 Å². The Labute approximate surface area is 140 Å². The van der Waals surface area contributed by atoms with E-state index in [2.05, 4.69) is 5.32 Å². The molecule has 1 N–H and O–H groups in total. The molecule has 1 aromatic carbocycles. The normalized spacial score (nSPS) is 16.8. The van der Waals surface area contributed by atoms with E-state index in [4.69, 9.17) is 14.2 Å². The van der Waals surface area contributed by atoms with Gasteiger partial charge in [0.25, 0.3) is 0 Å². The Balaban J connectivity index is 1.45. The SMILES string of the molecule is CCOC(=O)N1CCC(C(=O)NCc2ccc3c(c2)OCO3)CC1. The van der Waals surface area contributed by atoms with Crippen LogP contribution < -0.4 is 14.8 Å². The van der Waals surface area contributed by atoms with E-state index in [-0.39, 0.29) is 24.7 Å². The molecule has 3 rings (SSSR count). The lowest BCUT2D eigenvalue weighted by Crippen LogP contribution is -2.43. The number of nitrogens with one attached hydrogen (secondary N) is 1. The van der Waals surface area contributed by atoms with Crippen molar-refractivity contribution in [3.8, 4) is 11.5 Å². The monoisotopic (exact) mass is 334 g/mol. The summed E-state index contributed by atoms with van der Waals surface area (Å²) in [5.74, 6) is 1.40. The highest BCUT2D eigenvalue weighted by Gasteiger charge is 2.27. The standard InChI is InChI=1S/C17H22N2O5/c1-2-22-17(21)19-7-5-13(6-8-19)16(20)18-10-12-3-4-14-15(9-12)24-11-23-14/h3-4,9,13H,2,5-8,10-11H2,1H3,(H,18,20). The molecule has 130 valence electrons. The molecule has 0 spiro atoms. The molecule has 2 heterocycles. The van der Waals surface area contributed by atoms with Crippen molar-refractivity contribution >= 4 is 12.0 Å². The Morgan fingerprint density at radius 2 is 2.00 bits per heavy atom. The van der Waals surface area contributed by atoms with Crippen LogP contribution in [-0.4, -0.2) is 43.4 Å². The second kappa shape index (κ2) is 7.42. The second-order valence-corrected chi connectivity index (χ2v) is 5.87. The number of rotatable bonds is 4. The number of nitrogens with zero attached hydrogens (tertiary/aromatic N) is 1. The molecule has 0 atom stereocenters. The molecule has 0 aliphatic carbocycles. The fourth-order valence-corrected chi connectivity index (χ4v) is 2.92. The van der Waals surface area contributed by atoms with Gasteiger partial charge in [0, 0.05) is 25.6 Å². The number of amides is 2. The number of benzene rings is 1. The van der Waals surface area contributed by atoms with Gasteiger partial charge in [0.2, 0.25) is 12.7 Å². The van der Waals surface area contributed by atoms with Gasteiger partial charge >= 0.3 is 6.09 Å². The molecular formula is C17H22N2O5. The molecule has 1 aromatic rings. The van der Waals surface area contributed by atoms with Crippen LogP contribution >= 0.6 is 0 Å². The van der Waals surface area contributed by atoms with Gasteiger partial charge in [-0.3, -0.25) is 4.79 Å². The average Bonchev–Trinajstić information content (AvgIpc) is 3.07. The Bertz CT molecular complexity index is 611. The first-order valence-electron chi connectivity index (χ1n) is 8.25. The van der Waals surface area contributed by atoms with Crippen LogP contribution in [0.1, 0.15) is 25.3 Å². The molecule has 2 amide bonds. The van der Waals surface area contributed by atoms with Crippen LogP contribution in [0.3, 0.4) is 0 Å². The van der Waals surface area contributed by atoms with Crippen LogP contribution in [0.4, 0.5) is 4.79 Å². The Hall–Kier alpha value is -2.44. The van der Waals surface area contributed by atoms with Crippen molar-refractivity contribution < 1.29 is 23.8 Å². The van der Waals surface area contributed by atoms with Crippen molar-refractivity contribution in [3.63, 3.8) is 0 Å². The van der Waals surface area contributed by atoms with Crippen molar-refractivity contribution in [1.29, 1.82) is 0 Å². The van der Waals surface area contributed by atoms with E-state index in [1.54, 1.807) is 11.8 Å². The number of piperidine rings is 1. The summed E-state index contributed by atoms with van der Waals surface area (Å²) in [5, 5.41) is 2.96. The average molecular weight is 334 g/mol. The molecule has 0 saturated carbocycles. The predicted molar refractivity (Wildman–Crippen MR) is 85.7 cm³/mol. The smallest absolute Gasteiger partial charge is 0.409 e. The Kier molecular flexibility index (Phi) is 5.08. The predicted octanol–water partition coefficient (Wildman–Crippen LogP) is 1.90. The molecule has 1 fully saturated rings. The maximum atomic E-state index is 12.3. The topological polar surface area (TPSA) is 77.1 Å². The summed E-state index contributed by atoms with van der Waals surface area (Å²) in [7, 11) is 0.